The normalized spacial score (nSPS) is 24.0. The van der Waals surface area contributed by atoms with E-state index in [2.05, 4.69) is 18.7 Å². The Morgan fingerprint density at radius 1 is 1.43 bits per heavy atom. The second kappa shape index (κ2) is 7.21. The molecule has 1 heterocycles. The average Bonchev–Trinajstić information content (AvgIpc) is 2.18. The summed E-state index contributed by atoms with van der Waals surface area (Å²) in [4.78, 5) is 2.46. The van der Waals surface area contributed by atoms with Gasteiger partial charge in [0.2, 0.25) is 0 Å². The number of ether oxygens (including phenoxy) is 2. The molecule has 1 rings (SSSR count). The van der Waals surface area contributed by atoms with E-state index in [1.807, 2.05) is 0 Å². The monoisotopic (exact) mass is 201 g/mol. The first-order valence-electron chi connectivity index (χ1n) is 5.74. The van der Waals surface area contributed by atoms with E-state index in [0.29, 0.717) is 6.10 Å². The fraction of sp³-hybridized carbons (Fsp3) is 1.00. The molecule has 0 radical (unpaired) electrons. The van der Waals surface area contributed by atoms with Crippen LogP contribution in [0.25, 0.3) is 0 Å². The SMILES string of the molecule is CCCOCCCN1CCOC(C)C1. The Balaban J connectivity index is 1.95. The first-order valence-corrected chi connectivity index (χ1v) is 5.74. The van der Waals surface area contributed by atoms with Crippen molar-refractivity contribution in [3.63, 3.8) is 0 Å². The summed E-state index contributed by atoms with van der Waals surface area (Å²) in [7, 11) is 0. The van der Waals surface area contributed by atoms with Gasteiger partial charge in [0.1, 0.15) is 0 Å². The second-order valence-corrected chi connectivity index (χ2v) is 3.95. The molecule has 0 aromatic carbocycles. The minimum atomic E-state index is 0.403. The third kappa shape index (κ3) is 4.94. The van der Waals surface area contributed by atoms with E-state index in [9.17, 15) is 0 Å². The summed E-state index contributed by atoms with van der Waals surface area (Å²) in [5.74, 6) is 0. The zero-order valence-electron chi connectivity index (χ0n) is 9.50. The smallest absolute Gasteiger partial charge is 0.0674 e. The van der Waals surface area contributed by atoms with Crippen LogP contribution in [0.3, 0.4) is 0 Å². The van der Waals surface area contributed by atoms with Gasteiger partial charge < -0.3 is 9.47 Å². The van der Waals surface area contributed by atoms with Crippen molar-refractivity contribution in [3.05, 3.63) is 0 Å². The Kier molecular flexibility index (Phi) is 6.15. The lowest BCUT2D eigenvalue weighted by Crippen LogP contribution is -2.41. The molecular formula is C11H23NO2. The maximum Gasteiger partial charge on any atom is 0.0674 e. The van der Waals surface area contributed by atoms with Crippen molar-refractivity contribution < 1.29 is 9.47 Å². The van der Waals surface area contributed by atoms with Crippen LogP contribution >= 0.6 is 0 Å². The van der Waals surface area contributed by atoms with Gasteiger partial charge in [-0.05, 0) is 19.8 Å². The molecule has 84 valence electrons. The van der Waals surface area contributed by atoms with Crippen molar-refractivity contribution in [2.45, 2.75) is 32.8 Å². The summed E-state index contributed by atoms with van der Waals surface area (Å²) in [5, 5.41) is 0. The average molecular weight is 201 g/mol. The number of nitrogens with zero attached hydrogens (tertiary/aromatic N) is 1. The van der Waals surface area contributed by atoms with Crippen LogP contribution in [-0.2, 0) is 9.47 Å². The summed E-state index contributed by atoms with van der Waals surface area (Å²) in [6.45, 7) is 10.3. The van der Waals surface area contributed by atoms with Gasteiger partial charge in [0, 0.05) is 32.8 Å². The molecule has 14 heavy (non-hydrogen) atoms. The Morgan fingerprint density at radius 3 is 3.00 bits per heavy atom. The summed E-state index contributed by atoms with van der Waals surface area (Å²) >= 11 is 0. The van der Waals surface area contributed by atoms with Gasteiger partial charge in [-0.2, -0.15) is 0 Å². The fourth-order valence-electron chi connectivity index (χ4n) is 1.73. The Labute approximate surface area is 87.4 Å². The van der Waals surface area contributed by atoms with Gasteiger partial charge in [-0.1, -0.05) is 6.92 Å². The predicted molar refractivity (Wildman–Crippen MR) is 57.6 cm³/mol. The van der Waals surface area contributed by atoms with Crippen LogP contribution in [0.2, 0.25) is 0 Å². The molecule has 1 atom stereocenters. The van der Waals surface area contributed by atoms with Gasteiger partial charge in [0.05, 0.1) is 12.7 Å². The number of hydrogen-bond donors (Lipinski definition) is 0. The van der Waals surface area contributed by atoms with E-state index in [1.165, 1.54) is 0 Å². The van der Waals surface area contributed by atoms with Gasteiger partial charge in [0.25, 0.3) is 0 Å². The molecule has 0 aromatic heterocycles. The van der Waals surface area contributed by atoms with Gasteiger partial charge in [-0.25, -0.2) is 0 Å². The number of hydrogen-bond acceptors (Lipinski definition) is 3. The molecule has 1 fully saturated rings. The van der Waals surface area contributed by atoms with Crippen molar-refractivity contribution in [1.29, 1.82) is 0 Å². The highest BCUT2D eigenvalue weighted by Gasteiger charge is 2.15. The maximum absolute atomic E-state index is 5.48. The van der Waals surface area contributed by atoms with Crippen LogP contribution in [-0.4, -0.2) is 50.5 Å². The highest BCUT2D eigenvalue weighted by molar-refractivity contribution is 4.67. The molecule has 3 nitrogen and oxygen atoms in total. The van der Waals surface area contributed by atoms with Crippen LogP contribution in [0.5, 0.6) is 0 Å². The van der Waals surface area contributed by atoms with Crippen molar-refractivity contribution >= 4 is 0 Å². The highest BCUT2D eigenvalue weighted by atomic mass is 16.5. The van der Waals surface area contributed by atoms with Gasteiger partial charge in [-0.15, -0.1) is 0 Å². The second-order valence-electron chi connectivity index (χ2n) is 3.95. The zero-order valence-corrected chi connectivity index (χ0v) is 9.50. The quantitative estimate of drug-likeness (QED) is 0.608. The summed E-state index contributed by atoms with van der Waals surface area (Å²) in [5.41, 5.74) is 0. The molecule has 0 N–H and O–H groups in total. The highest BCUT2D eigenvalue weighted by Crippen LogP contribution is 2.04. The number of morpholine rings is 1. The molecule has 0 aliphatic carbocycles. The summed E-state index contributed by atoms with van der Waals surface area (Å²) < 4.78 is 10.9. The molecule has 3 heteroatoms. The van der Waals surface area contributed by atoms with Crippen molar-refractivity contribution in [1.82, 2.24) is 4.90 Å². The lowest BCUT2D eigenvalue weighted by atomic mass is 10.3. The van der Waals surface area contributed by atoms with Crippen LogP contribution in [0.1, 0.15) is 26.7 Å². The lowest BCUT2D eigenvalue weighted by molar-refractivity contribution is -0.0208. The Bertz CT molecular complexity index is 141. The largest absolute Gasteiger partial charge is 0.381 e. The Hall–Kier alpha value is -0.120. The zero-order chi connectivity index (χ0) is 10.2. The van der Waals surface area contributed by atoms with Crippen LogP contribution < -0.4 is 0 Å². The lowest BCUT2D eigenvalue weighted by Gasteiger charge is -2.30. The topological polar surface area (TPSA) is 21.7 Å². The molecule has 1 unspecified atom stereocenters. The van der Waals surface area contributed by atoms with Gasteiger partial charge in [0.15, 0.2) is 0 Å². The third-order valence-electron chi connectivity index (χ3n) is 2.44. The van der Waals surface area contributed by atoms with E-state index in [1.54, 1.807) is 0 Å². The first-order chi connectivity index (χ1) is 6.83. The van der Waals surface area contributed by atoms with Gasteiger partial charge >= 0.3 is 0 Å². The van der Waals surface area contributed by atoms with Gasteiger partial charge in [-0.3, -0.25) is 4.90 Å². The maximum atomic E-state index is 5.48. The van der Waals surface area contributed by atoms with E-state index in [4.69, 9.17) is 9.47 Å². The fourth-order valence-corrected chi connectivity index (χ4v) is 1.73. The number of rotatable bonds is 6. The molecule has 0 spiro atoms. The van der Waals surface area contributed by atoms with Crippen molar-refractivity contribution in [3.8, 4) is 0 Å². The standard InChI is InChI=1S/C11H23NO2/c1-3-7-13-8-4-5-12-6-9-14-11(2)10-12/h11H,3-10H2,1-2H3. The minimum Gasteiger partial charge on any atom is -0.381 e. The van der Waals surface area contributed by atoms with E-state index < -0.39 is 0 Å². The summed E-state index contributed by atoms with van der Waals surface area (Å²) in [6.07, 6.45) is 2.67. The molecular weight excluding hydrogens is 178 g/mol. The van der Waals surface area contributed by atoms with Crippen LogP contribution in [0, 0.1) is 0 Å². The molecule has 0 amide bonds. The molecule has 1 saturated heterocycles. The minimum absolute atomic E-state index is 0.403. The Morgan fingerprint density at radius 2 is 2.29 bits per heavy atom. The van der Waals surface area contributed by atoms with E-state index >= 15 is 0 Å². The van der Waals surface area contributed by atoms with Crippen molar-refractivity contribution in [2.75, 3.05) is 39.5 Å². The molecule has 0 saturated carbocycles. The molecule has 0 aromatic rings. The summed E-state index contributed by atoms with van der Waals surface area (Å²) in [6, 6.07) is 0. The van der Waals surface area contributed by atoms with Crippen LogP contribution in [0.15, 0.2) is 0 Å². The molecule has 1 aliphatic heterocycles. The van der Waals surface area contributed by atoms with E-state index in [-0.39, 0.29) is 0 Å². The van der Waals surface area contributed by atoms with Crippen LogP contribution in [0.4, 0.5) is 0 Å². The van der Waals surface area contributed by atoms with E-state index in [0.717, 1.165) is 52.3 Å². The first kappa shape index (κ1) is 12.0. The predicted octanol–water partition coefficient (Wildman–Crippen LogP) is 1.52. The third-order valence-corrected chi connectivity index (χ3v) is 2.44. The van der Waals surface area contributed by atoms with Crippen molar-refractivity contribution in [2.24, 2.45) is 0 Å². The molecule has 1 aliphatic rings. The molecule has 0 bridgehead atoms.